The van der Waals surface area contributed by atoms with E-state index in [1.165, 1.54) is 0 Å². The number of hydrogen-bond donors (Lipinski definition) is 1. The maximum Gasteiger partial charge on any atom is 0.158 e. The summed E-state index contributed by atoms with van der Waals surface area (Å²) in [5.41, 5.74) is 0.828. The molecule has 0 aliphatic rings. The number of pyridine rings is 1. The highest BCUT2D eigenvalue weighted by molar-refractivity contribution is 5.49. The monoisotopic (exact) mass is 201 g/mol. The number of nitrogens with zero attached hydrogens (tertiary/aromatic N) is 3. The van der Waals surface area contributed by atoms with Gasteiger partial charge in [0, 0.05) is 25.1 Å². The average molecular weight is 201 g/mol. The largest absolute Gasteiger partial charge is 0.516 e. The van der Waals surface area contributed by atoms with Gasteiger partial charge in [0.25, 0.3) is 0 Å². The molecule has 0 aromatic carbocycles. The summed E-state index contributed by atoms with van der Waals surface area (Å²) in [5.74, 6) is 0.800. The zero-order chi connectivity index (χ0) is 10.5. The van der Waals surface area contributed by atoms with Crippen LogP contribution in [-0.4, -0.2) is 19.6 Å². The van der Waals surface area contributed by atoms with Gasteiger partial charge >= 0.3 is 0 Å². The molecule has 0 radical (unpaired) electrons. The third-order valence-corrected chi connectivity index (χ3v) is 2.02. The van der Waals surface area contributed by atoms with Crippen LogP contribution < -0.4 is 0 Å². The van der Waals surface area contributed by atoms with Crippen molar-refractivity contribution in [3.8, 4) is 11.5 Å². The number of aliphatic hydroxyl groups excluding tert-OH is 1. The van der Waals surface area contributed by atoms with Crippen molar-refractivity contribution in [3.63, 3.8) is 0 Å². The molecule has 0 spiro atoms. The minimum atomic E-state index is 0.586. The Morgan fingerprint density at radius 3 is 2.93 bits per heavy atom. The molecule has 2 rings (SSSR count). The van der Waals surface area contributed by atoms with Crippen LogP contribution in [0.3, 0.4) is 0 Å². The minimum absolute atomic E-state index is 0.586. The van der Waals surface area contributed by atoms with E-state index in [1.54, 1.807) is 18.5 Å². The average Bonchev–Trinajstić information content (AvgIpc) is 2.75. The Labute approximate surface area is 87.5 Å². The fourth-order valence-electron chi connectivity index (χ4n) is 1.35. The first-order valence-corrected chi connectivity index (χ1v) is 4.63. The highest BCUT2D eigenvalue weighted by Gasteiger charge is 2.04. The van der Waals surface area contributed by atoms with Crippen LogP contribution >= 0.6 is 0 Å². The lowest BCUT2D eigenvalue weighted by atomic mass is 10.3. The Balaban J connectivity index is 2.33. The predicted octanol–water partition coefficient (Wildman–Crippen LogP) is 2.02. The third kappa shape index (κ3) is 2.04. The second-order valence-electron chi connectivity index (χ2n) is 3.00. The molecular weight excluding hydrogens is 190 g/mol. The topological polar surface area (TPSA) is 50.9 Å². The summed E-state index contributed by atoms with van der Waals surface area (Å²) in [6.45, 7) is 0.586. The number of aromatic nitrogens is 3. The lowest BCUT2D eigenvalue weighted by Gasteiger charge is -2.03. The summed E-state index contributed by atoms with van der Waals surface area (Å²) >= 11 is 0. The van der Waals surface area contributed by atoms with E-state index in [9.17, 15) is 0 Å². The second kappa shape index (κ2) is 4.41. The molecule has 0 amide bonds. The van der Waals surface area contributed by atoms with Crippen LogP contribution in [0.15, 0.2) is 49.1 Å². The highest BCUT2D eigenvalue weighted by atomic mass is 16.2. The molecule has 2 aromatic rings. The van der Waals surface area contributed by atoms with Crippen LogP contribution in [0.2, 0.25) is 0 Å². The summed E-state index contributed by atoms with van der Waals surface area (Å²) in [4.78, 5) is 8.44. The Bertz CT molecular complexity index is 448. The van der Waals surface area contributed by atoms with E-state index in [-0.39, 0.29) is 0 Å². The van der Waals surface area contributed by atoms with Gasteiger partial charge in [0.2, 0.25) is 0 Å². The molecule has 0 saturated carbocycles. The van der Waals surface area contributed by atoms with E-state index in [2.05, 4.69) is 9.97 Å². The number of hydrogen-bond acceptors (Lipinski definition) is 3. The van der Waals surface area contributed by atoms with Crippen LogP contribution in [-0.2, 0) is 6.54 Å². The Morgan fingerprint density at radius 1 is 1.27 bits per heavy atom. The fourth-order valence-corrected chi connectivity index (χ4v) is 1.35. The molecule has 2 heterocycles. The molecule has 2 aromatic heterocycles. The maximum absolute atomic E-state index is 8.60. The molecule has 0 bridgehead atoms. The van der Waals surface area contributed by atoms with Crippen molar-refractivity contribution < 1.29 is 5.11 Å². The molecule has 1 N–H and O–H groups in total. The zero-order valence-corrected chi connectivity index (χ0v) is 8.11. The van der Waals surface area contributed by atoms with Crippen LogP contribution in [0, 0.1) is 0 Å². The van der Waals surface area contributed by atoms with Crippen molar-refractivity contribution in [3.05, 3.63) is 49.1 Å². The van der Waals surface area contributed by atoms with Crippen LogP contribution in [0.4, 0.5) is 0 Å². The molecule has 0 aliphatic carbocycles. The minimum Gasteiger partial charge on any atom is -0.516 e. The van der Waals surface area contributed by atoms with E-state index in [4.69, 9.17) is 5.11 Å². The SMILES string of the molecule is OC=CCn1ccnc1-c1ccccn1. The van der Waals surface area contributed by atoms with Gasteiger partial charge in [-0.3, -0.25) is 4.98 Å². The van der Waals surface area contributed by atoms with Gasteiger partial charge in [-0.15, -0.1) is 0 Å². The Hall–Kier alpha value is -2.10. The van der Waals surface area contributed by atoms with E-state index in [0.717, 1.165) is 17.8 Å². The van der Waals surface area contributed by atoms with Gasteiger partial charge in [0.15, 0.2) is 5.82 Å². The molecule has 0 atom stereocenters. The van der Waals surface area contributed by atoms with Crippen molar-refractivity contribution in [1.82, 2.24) is 14.5 Å². The van der Waals surface area contributed by atoms with Crippen molar-refractivity contribution >= 4 is 0 Å². The zero-order valence-electron chi connectivity index (χ0n) is 8.11. The first-order valence-electron chi connectivity index (χ1n) is 4.63. The third-order valence-electron chi connectivity index (χ3n) is 2.02. The number of aliphatic hydroxyl groups is 1. The van der Waals surface area contributed by atoms with E-state index in [1.807, 2.05) is 29.0 Å². The number of rotatable bonds is 3. The van der Waals surface area contributed by atoms with Gasteiger partial charge in [-0.2, -0.15) is 0 Å². The van der Waals surface area contributed by atoms with Gasteiger partial charge in [-0.05, 0) is 18.2 Å². The van der Waals surface area contributed by atoms with E-state index >= 15 is 0 Å². The van der Waals surface area contributed by atoms with Crippen molar-refractivity contribution in [2.45, 2.75) is 6.54 Å². The first kappa shape index (κ1) is 9.45. The second-order valence-corrected chi connectivity index (χ2v) is 3.00. The summed E-state index contributed by atoms with van der Waals surface area (Å²) in [7, 11) is 0. The van der Waals surface area contributed by atoms with E-state index < -0.39 is 0 Å². The van der Waals surface area contributed by atoms with E-state index in [0.29, 0.717) is 6.54 Å². The van der Waals surface area contributed by atoms with Crippen molar-refractivity contribution in [1.29, 1.82) is 0 Å². The fraction of sp³-hybridized carbons (Fsp3) is 0.0909. The predicted molar refractivity (Wildman–Crippen MR) is 57.2 cm³/mol. The van der Waals surface area contributed by atoms with Gasteiger partial charge in [0.1, 0.15) is 5.69 Å². The Kier molecular flexibility index (Phi) is 2.78. The first-order chi connectivity index (χ1) is 7.42. The molecule has 0 fully saturated rings. The van der Waals surface area contributed by atoms with Gasteiger partial charge in [-0.1, -0.05) is 6.07 Å². The van der Waals surface area contributed by atoms with Gasteiger partial charge in [-0.25, -0.2) is 4.98 Å². The molecule has 0 unspecified atom stereocenters. The number of allylic oxidation sites excluding steroid dienone is 1. The summed E-state index contributed by atoms with van der Waals surface area (Å²) < 4.78 is 1.91. The molecule has 15 heavy (non-hydrogen) atoms. The lowest BCUT2D eigenvalue weighted by molar-refractivity contribution is 0.469. The van der Waals surface area contributed by atoms with Crippen molar-refractivity contribution in [2.24, 2.45) is 0 Å². The standard InChI is InChI=1S/C11H11N3O/c15-9-3-7-14-8-6-13-11(14)10-4-1-2-5-12-10/h1-6,8-9,15H,7H2. The van der Waals surface area contributed by atoms with Crippen molar-refractivity contribution in [2.75, 3.05) is 0 Å². The molecule has 4 nitrogen and oxygen atoms in total. The van der Waals surface area contributed by atoms with Crippen LogP contribution in [0.1, 0.15) is 0 Å². The quantitative estimate of drug-likeness (QED) is 0.773. The molecule has 76 valence electrons. The van der Waals surface area contributed by atoms with Gasteiger partial charge < -0.3 is 9.67 Å². The summed E-state index contributed by atoms with van der Waals surface area (Å²) in [5, 5.41) is 8.60. The van der Waals surface area contributed by atoms with Crippen LogP contribution in [0.25, 0.3) is 11.5 Å². The van der Waals surface area contributed by atoms with Crippen LogP contribution in [0.5, 0.6) is 0 Å². The summed E-state index contributed by atoms with van der Waals surface area (Å²) in [6, 6.07) is 5.69. The lowest BCUT2D eigenvalue weighted by Crippen LogP contribution is -1.98. The normalized spacial score (nSPS) is 10.9. The maximum atomic E-state index is 8.60. The molecule has 0 saturated heterocycles. The summed E-state index contributed by atoms with van der Waals surface area (Å²) in [6.07, 6.45) is 7.98. The molecule has 0 aliphatic heterocycles. The highest BCUT2D eigenvalue weighted by Crippen LogP contribution is 2.13. The molecule has 4 heteroatoms. The molecular formula is C11H11N3O. The Morgan fingerprint density at radius 2 is 2.20 bits per heavy atom. The van der Waals surface area contributed by atoms with Gasteiger partial charge in [0.05, 0.1) is 6.26 Å². The number of imidazole rings is 1. The smallest absolute Gasteiger partial charge is 0.158 e.